The summed E-state index contributed by atoms with van der Waals surface area (Å²) in [5.74, 6) is 0.670. The molecular formula is C22H28. The van der Waals surface area contributed by atoms with E-state index in [0.717, 1.165) is 12.8 Å². The normalized spacial score (nSPS) is 13.8. The molecule has 0 aliphatic rings. The molecule has 0 radical (unpaired) electrons. The van der Waals surface area contributed by atoms with Crippen molar-refractivity contribution in [1.82, 2.24) is 0 Å². The first-order valence-electron chi connectivity index (χ1n) is 8.36. The van der Waals surface area contributed by atoms with Crippen molar-refractivity contribution in [2.45, 2.75) is 45.4 Å². The molecule has 0 nitrogen and oxygen atoms in total. The summed E-state index contributed by atoms with van der Waals surface area (Å²) < 4.78 is 0. The van der Waals surface area contributed by atoms with E-state index in [9.17, 15) is 0 Å². The molecule has 0 saturated carbocycles. The molecule has 1 unspecified atom stereocenters. The third kappa shape index (κ3) is 3.88. The molecule has 116 valence electrons. The van der Waals surface area contributed by atoms with Gasteiger partial charge in [0.25, 0.3) is 0 Å². The summed E-state index contributed by atoms with van der Waals surface area (Å²) >= 11 is 0. The fourth-order valence-corrected chi connectivity index (χ4v) is 3.52. The fourth-order valence-electron chi connectivity index (χ4n) is 3.52. The second-order valence-corrected chi connectivity index (χ2v) is 6.74. The average Bonchev–Trinajstić information content (AvgIpc) is 2.55. The third-order valence-electron chi connectivity index (χ3n) is 4.60. The first kappa shape index (κ1) is 16.5. The van der Waals surface area contributed by atoms with Crippen LogP contribution in [0, 0.1) is 5.92 Å². The molecule has 2 aromatic rings. The van der Waals surface area contributed by atoms with Crippen LogP contribution >= 0.6 is 0 Å². The minimum atomic E-state index is 0.183. The first-order chi connectivity index (χ1) is 10.6. The average molecular weight is 292 g/mol. The fraction of sp³-hybridized carbons (Fsp3) is 0.364. The highest BCUT2D eigenvalue weighted by Gasteiger charge is 2.31. The highest BCUT2D eigenvalue weighted by molar-refractivity contribution is 5.64. The van der Waals surface area contributed by atoms with Gasteiger partial charge >= 0.3 is 0 Å². The molecule has 0 heterocycles. The van der Waals surface area contributed by atoms with Crippen LogP contribution in [0.2, 0.25) is 0 Å². The van der Waals surface area contributed by atoms with Crippen LogP contribution in [0.25, 0.3) is 5.57 Å². The second-order valence-electron chi connectivity index (χ2n) is 6.74. The monoisotopic (exact) mass is 292 g/mol. The zero-order valence-electron chi connectivity index (χ0n) is 14.2. The highest BCUT2D eigenvalue weighted by atomic mass is 14.4. The van der Waals surface area contributed by atoms with Crippen molar-refractivity contribution >= 4 is 5.57 Å². The predicted octanol–water partition coefficient (Wildman–Crippen LogP) is 6.48. The zero-order valence-corrected chi connectivity index (χ0v) is 14.2. The Morgan fingerprint density at radius 1 is 0.955 bits per heavy atom. The lowest BCUT2D eigenvalue weighted by molar-refractivity contribution is 0.334. The molecule has 0 aliphatic carbocycles. The van der Waals surface area contributed by atoms with Crippen molar-refractivity contribution in [2.75, 3.05) is 0 Å². The van der Waals surface area contributed by atoms with E-state index in [1.807, 2.05) is 0 Å². The van der Waals surface area contributed by atoms with Crippen LogP contribution in [0.1, 0.15) is 51.2 Å². The van der Waals surface area contributed by atoms with Gasteiger partial charge in [0.2, 0.25) is 0 Å². The molecule has 0 aliphatic heterocycles. The van der Waals surface area contributed by atoms with Gasteiger partial charge in [0.05, 0.1) is 0 Å². The van der Waals surface area contributed by atoms with Gasteiger partial charge in [0, 0.05) is 0 Å². The minimum Gasteiger partial charge on any atom is -0.0952 e. The molecule has 1 atom stereocenters. The van der Waals surface area contributed by atoms with Crippen LogP contribution < -0.4 is 0 Å². The zero-order chi connectivity index (χ0) is 16.0. The molecular weight excluding hydrogens is 264 g/mol. The molecule has 0 N–H and O–H groups in total. The summed E-state index contributed by atoms with van der Waals surface area (Å²) in [5, 5.41) is 0. The summed E-state index contributed by atoms with van der Waals surface area (Å²) in [6, 6.07) is 21.6. The summed E-state index contributed by atoms with van der Waals surface area (Å²) in [6.07, 6.45) is 3.36. The maximum absolute atomic E-state index is 4.39. The Labute approximate surface area is 135 Å². The van der Waals surface area contributed by atoms with Crippen LogP contribution in [0.5, 0.6) is 0 Å². The standard InChI is InChI=1S/C22H28/c1-5-22(16-18(2)3,21-14-10-7-11-15-21)17-19(4)20-12-8-6-9-13-20/h6-15,18H,4-5,16-17H2,1-3H3. The van der Waals surface area contributed by atoms with E-state index in [4.69, 9.17) is 0 Å². The van der Waals surface area contributed by atoms with E-state index < -0.39 is 0 Å². The predicted molar refractivity (Wildman–Crippen MR) is 98.0 cm³/mol. The Hall–Kier alpha value is -1.82. The SMILES string of the molecule is C=C(CC(CC)(CC(C)C)c1ccccc1)c1ccccc1. The Kier molecular flexibility index (Phi) is 5.60. The summed E-state index contributed by atoms with van der Waals surface area (Å²) in [7, 11) is 0. The van der Waals surface area contributed by atoms with Gasteiger partial charge in [0.1, 0.15) is 0 Å². The molecule has 0 spiro atoms. The van der Waals surface area contributed by atoms with Crippen LogP contribution in [0.4, 0.5) is 0 Å². The smallest absolute Gasteiger partial charge is 0.000684 e. The van der Waals surface area contributed by atoms with Gasteiger partial charge in [-0.05, 0) is 47.3 Å². The van der Waals surface area contributed by atoms with E-state index in [-0.39, 0.29) is 5.41 Å². The first-order valence-corrected chi connectivity index (χ1v) is 8.36. The number of benzene rings is 2. The van der Waals surface area contributed by atoms with Crippen LogP contribution in [0.3, 0.4) is 0 Å². The number of rotatable bonds is 7. The molecule has 0 fully saturated rings. The Bertz CT molecular complexity index is 580. The van der Waals surface area contributed by atoms with E-state index in [0.29, 0.717) is 5.92 Å². The quantitative estimate of drug-likeness (QED) is 0.547. The number of hydrogen-bond acceptors (Lipinski definition) is 0. The molecule has 22 heavy (non-hydrogen) atoms. The van der Waals surface area contributed by atoms with Crippen molar-refractivity contribution in [3.63, 3.8) is 0 Å². The van der Waals surface area contributed by atoms with Crippen molar-refractivity contribution in [3.8, 4) is 0 Å². The van der Waals surface area contributed by atoms with E-state index >= 15 is 0 Å². The molecule has 0 saturated heterocycles. The van der Waals surface area contributed by atoms with Gasteiger partial charge < -0.3 is 0 Å². The van der Waals surface area contributed by atoms with Crippen molar-refractivity contribution in [1.29, 1.82) is 0 Å². The summed E-state index contributed by atoms with van der Waals surface area (Å²) in [4.78, 5) is 0. The van der Waals surface area contributed by atoms with Crippen LogP contribution in [-0.2, 0) is 5.41 Å². The third-order valence-corrected chi connectivity index (χ3v) is 4.60. The molecule has 0 amide bonds. The Morgan fingerprint density at radius 2 is 1.50 bits per heavy atom. The lowest BCUT2D eigenvalue weighted by Gasteiger charge is -2.36. The molecule has 2 aromatic carbocycles. The Morgan fingerprint density at radius 3 is 2.00 bits per heavy atom. The van der Waals surface area contributed by atoms with Gasteiger partial charge in [0.15, 0.2) is 0 Å². The van der Waals surface area contributed by atoms with Crippen LogP contribution in [0.15, 0.2) is 67.2 Å². The summed E-state index contributed by atoms with van der Waals surface area (Å²) in [6.45, 7) is 11.3. The van der Waals surface area contributed by atoms with Crippen molar-refractivity contribution in [3.05, 3.63) is 78.4 Å². The minimum absolute atomic E-state index is 0.183. The molecule has 0 bridgehead atoms. The van der Waals surface area contributed by atoms with Crippen molar-refractivity contribution < 1.29 is 0 Å². The van der Waals surface area contributed by atoms with Gasteiger partial charge in [-0.3, -0.25) is 0 Å². The Balaban J connectivity index is 2.34. The largest absolute Gasteiger partial charge is 0.0952 e. The molecule has 0 aromatic heterocycles. The molecule has 2 rings (SSSR count). The lowest BCUT2D eigenvalue weighted by Crippen LogP contribution is -2.27. The second kappa shape index (κ2) is 7.45. The lowest BCUT2D eigenvalue weighted by atomic mass is 9.68. The highest BCUT2D eigenvalue weighted by Crippen LogP contribution is 2.41. The maximum atomic E-state index is 4.39. The number of allylic oxidation sites excluding steroid dienone is 1. The van der Waals surface area contributed by atoms with E-state index in [2.05, 4.69) is 88.0 Å². The number of hydrogen-bond donors (Lipinski definition) is 0. The van der Waals surface area contributed by atoms with Gasteiger partial charge in [-0.1, -0.05) is 88.0 Å². The molecule has 0 heteroatoms. The van der Waals surface area contributed by atoms with E-state index in [1.165, 1.54) is 23.1 Å². The topological polar surface area (TPSA) is 0 Å². The van der Waals surface area contributed by atoms with Gasteiger partial charge in [-0.25, -0.2) is 0 Å². The summed E-state index contributed by atoms with van der Waals surface area (Å²) in [5.41, 5.74) is 4.14. The van der Waals surface area contributed by atoms with Crippen molar-refractivity contribution in [2.24, 2.45) is 5.92 Å². The van der Waals surface area contributed by atoms with E-state index in [1.54, 1.807) is 0 Å². The van der Waals surface area contributed by atoms with Gasteiger partial charge in [-0.15, -0.1) is 0 Å². The van der Waals surface area contributed by atoms with Gasteiger partial charge in [-0.2, -0.15) is 0 Å². The maximum Gasteiger partial charge on any atom is -0.000684 e. The van der Waals surface area contributed by atoms with Crippen LogP contribution in [-0.4, -0.2) is 0 Å².